The van der Waals surface area contributed by atoms with Crippen LogP contribution in [0.5, 0.6) is 0 Å². The summed E-state index contributed by atoms with van der Waals surface area (Å²) in [5.41, 5.74) is 4.51. The molecule has 0 saturated heterocycles. The molecule has 2 heterocycles. The molecule has 0 bridgehead atoms. The summed E-state index contributed by atoms with van der Waals surface area (Å²) >= 11 is 1.68. The Balaban J connectivity index is 1.85. The van der Waals surface area contributed by atoms with Gasteiger partial charge < -0.3 is 5.11 Å². The van der Waals surface area contributed by atoms with E-state index >= 15 is 0 Å². The molecule has 2 aromatic rings. The lowest BCUT2D eigenvalue weighted by atomic mass is 9.93. The smallest absolute Gasteiger partial charge is 0.0794 e. The maximum absolute atomic E-state index is 9.68. The van der Waals surface area contributed by atoms with Crippen LogP contribution in [-0.2, 0) is 13.0 Å². The van der Waals surface area contributed by atoms with Gasteiger partial charge in [-0.15, -0.1) is 11.3 Å². The number of thiazole rings is 1. The number of benzene rings is 1. The lowest BCUT2D eigenvalue weighted by molar-refractivity contribution is 0.109. The molecule has 3 nitrogen and oxygen atoms in total. The van der Waals surface area contributed by atoms with Gasteiger partial charge in [0.05, 0.1) is 18.2 Å². The van der Waals surface area contributed by atoms with Gasteiger partial charge in [-0.05, 0) is 17.5 Å². The molecule has 0 saturated carbocycles. The van der Waals surface area contributed by atoms with E-state index in [1.165, 1.54) is 16.0 Å². The molecule has 1 unspecified atom stereocenters. The second-order valence-corrected chi connectivity index (χ2v) is 5.56. The fourth-order valence-electron chi connectivity index (χ4n) is 2.63. The van der Waals surface area contributed by atoms with E-state index in [9.17, 15) is 5.11 Å². The summed E-state index contributed by atoms with van der Waals surface area (Å²) in [6, 6.07) is 8.55. The first-order chi connectivity index (χ1) is 8.88. The molecule has 3 rings (SSSR count). The molecular formula is C14H16N2OS. The van der Waals surface area contributed by atoms with Crippen molar-refractivity contribution >= 4 is 11.3 Å². The van der Waals surface area contributed by atoms with Gasteiger partial charge in [-0.3, -0.25) is 9.88 Å². The minimum atomic E-state index is 0.122. The normalized spacial score (nSPS) is 19.7. The molecule has 18 heavy (non-hydrogen) atoms. The Morgan fingerprint density at radius 3 is 3.06 bits per heavy atom. The Hall–Kier alpha value is -1.23. The predicted molar refractivity (Wildman–Crippen MR) is 72.5 cm³/mol. The Kier molecular flexibility index (Phi) is 3.41. The van der Waals surface area contributed by atoms with E-state index in [1.807, 2.05) is 11.7 Å². The fourth-order valence-corrected chi connectivity index (χ4v) is 3.25. The summed E-state index contributed by atoms with van der Waals surface area (Å²) in [4.78, 5) is 7.71. The van der Waals surface area contributed by atoms with Crippen molar-refractivity contribution in [2.75, 3.05) is 13.2 Å². The molecule has 0 amide bonds. The third kappa shape index (κ3) is 2.19. The molecule has 1 N–H and O–H groups in total. The number of aromatic nitrogens is 1. The highest BCUT2D eigenvalue weighted by atomic mass is 32.1. The zero-order valence-electron chi connectivity index (χ0n) is 10.1. The third-order valence-electron chi connectivity index (χ3n) is 3.54. The maximum atomic E-state index is 9.68. The molecule has 1 aromatic carbocycles. The van der Waals surface area contributed by atoms with Crippen LogP contribution in [0.3, 0.4) is 0 Å². The van der Waals surface area contributed by atoms with Gasteiger partial charge in [-0.25, -0.2) is 0 Å². The predicted octanol–water partition coefficient (Wildman–Crippen LogP) is 2.23. The van der Waals surface area contributed by atoms with Gasteiger partial charge in [0.1, 0.15) is 0 Å². The molecule has 4 heteroatoms. The molecule has 0 fully saturated rings. The van der Waals surface area contributed by atoms with Gasteiger partial charge >= 0.3 is 0 Å². The second-order valence-electron chi connectivity index (χ2n) is 4.59. The van der Waals surface area contributed by atoms with Gasteiger partial charge in [0.15, 0.2) is 0 Å². The van der Waals surface area contributed by atoms with Crippen molar-refractivity contribution in [1.82, 2.24) is 9.88 Å². The van der Waals surface area contributed by atoms with Crippen molar-refractivity contribution in [2.45, 2.75) is 19.0 Å². The maximum Gasteiger partial charge on any atom is 0.0794 e. The molecule has 94 valence electrons. The van der Waals surface area contributed by atoms with E-state index in [1.54, 1.807) is 11.3 Å². The van der Waals surface area contributed by atoms with Crippen LogP contribution in [0.25, 0.3) is 0 Å². The zero-order valence-corrected chi connectivity index (χ0v) is 10.9. The van der Waals surface area contributed by atoms with Crippen molar-refractivity contribution in [1.29, 1.82) is 0 Å². The van der Waals surface area contributed by atoms with Gasteiger partial charge in [-0.1, -0.05) is 24.3 Å². The molecule has 1 atom stereocenters. The molecule has 0 spiro atoms. The monoisotopic (exact) mass is 260 g/mol. The quantitative estimate of drug-likeness (QED) is 0.919. The summed E-state index contributed by atoms with van der Waals surface area (Å²) in [5.74, 6) is 0. The van der Waals surface area contributed by atoms with Crippen LogP contribution in [0.2, 0.25) is 0 Å². The van der Waals surface area contributed by atoms with Gasteiger partial charge in [0, 0.05) is 24.2 Å². The van der Waals surface area contributed by atoms with Crippen molar-refractivity contribution in [3.05, 3.63) is 52.0 Å². The van der Waals surface area contributed by atoms with Gasteiger partial charge in [0.2, 0.25) is 0 Å². The summed E-state index contributed by atoms with van der Waals surface area (Å²) < 4.78 is 0. The highest BCUT2D eigenvalue weighted by molar-refractivity contribution is 7.09. The summed E-state index contributed by atoms with van der Waals surface area (Å²) in [7, 11) is 0. The molecule has 0 radical (unpaired) electrons. The average Bonchev–Trinajstić information content (AvgIpc) is 2.91. The number of hydrogen-bond donors (Lipinski definition) is 1. The van der Waals surface area contributed by atoms with E-state index in [2.05, 4.69) is 34.1 Å². The summed E-state index contributed by atoms with van der Waals surface area (Å²) in [6.45, 7) is 2.06. The minimum Gasteiger partial charge on any atom is -0.394 e. The Labute approximate surface area is 111 Å². The van der Waals surface area contributed by atoms with E-state index in [0.717, 1.165) is 19.5 Å². The van der Waals surface area contributed by atoms with Crippen LogP contribution in [0.1, 0.15) is 22.0 Å². The number of aliphatic hydroxyl groups is 1. The van der Waals surface area contributed by atoms with Crippen LogP contribution >= 0.6 is 11.3 Å². The van der Waals surface area contributed by atoms with E-state index in [-0.39, 0.29) is 12.6 Å². The van der Waals surface area contributed by atoms with Crippen LogP contribution in [0.15, 0.2) is 36.0 Å². The Bertz CT molecular complexity index is 512. The van der Waals surface area contributed by atoms with Crippen molar-refractivity contribution in [3.63, 3.8) is 0 Å². The lowest BCUT2D eigenvalue weighted by Gasteiger charge is -2.35. The van der Waals surface area contributed by atoms with Crippen LogP contribution < -0.4 is 0 Å². The molecule has 1 aliphatic heterocycles. The summed E-state index contributed by atoms with van der Waals surface area (Å²) in [6.07, 6.45) is 2.98. The average molecular weight is 260 g/mol. The summed E-state index contributed by atoms with van der Waals surface area (Å²) in [5, 5.41) is 9.68. The van der Waals surface area contributed by atoms with Crippen LogP contribution in [0, 0.1) is 0 Å². The highest BCUT2D eigenvalue weighted by Crippen LogP contribution is 2.30. The van der Waals surface area contributed by atoms with Crippen molar-refractivity contribution in [2.24, 2.45) is 0 Å². The first-order valence-corrected chi connectivity index (χ1v) is 7.06. The number of aliphatic hydroxyl groups excluding tert-OH is 1. The first-order valence-electron chi connectivity index (χ1n) is 6.18. The van der Waals surface area contributed by atoms with Gasteiger partial charge in [-0.2, -0.15) is 0 Å². The zero-order chi connectivity index (χ0) is 12.4. The second kappa shape index (κ2) is 5.18. The standard InChI is InChI=1S/C14H16N2OS/c17-9-14-13-4-2-1-3-11(13)5-6-16(14)8-12-7-15-10-18-12/h1-4,7,10,14,17H,5-6,8-9H2. The van der Waals surface area contributed by atoms with E-state index in [0.29, 0.717) is 0 Å². The molecular weight excluding hydrogens is 244 g/mol. The Morgan fingerprint density at radius 1 is 1.39 bits per heavy atom. The molecule has 1 aromatic heterocycles. The van der Waals surface area contributed by atoms with Crippen molar-refractivity contribution in [3.8, 4) is 0 Å². The highest BCUT2D eigenvalue weighted by Gasteiger charge is 2.26. The van der Waals surface area contributed by atoms with Crippen molar-refractivity contribution < 1.29 is 5.11 Å². The number of hydrogen-bond acceptors (Lipinski definition) is 4. The topological polar surface area (TPSA) is 36.4 Å². The number of nitrogens with zero attached hydrogens (tertiary/aromatic N) is 2. The Morgan fingerprint density at radius 2 is 2.28 bits per heavy atom. The first kappa shape index (κ1) is 11.8. The van der Waals surface area contributed by atoms with Gasteiger partial charge in [0.25, 0.3) is 0 Å². The SMILES string of the molecule is OCC1c2ccccc2CCN1Cc1cncs1. The molecule has 0 aliphatic carbocycles. The van der Waals surface area contributed by atoms with E-state index < -0.39 is 0 Å². The van der Waals surface area contributed by atoms with E-state index in [4.69, 9.17) is 0 Å². The lowest BCUT2D eigenvalue weighted by Crippen LogP contribution is -2.36. The third-order valence-corrected chi connectivity index (χ3v) is 4.30. The number of fused-ring (bicyclic) bond motifs is 1. The largest absolute Gasteiger partial charge is 0.394 e. The van der Waals surface area contributed by atoms with Crippen LogP contribution in [-0.4, -0.2) is 28.1 Å². The van der Waals surface area contributed by atoms with Crippen LogP contribution in [0.4, 0.5) is 0 Å². The fraction of sp³-hybridized carbons (Fsp3) is 0.357. The molecule has 1 aliphatic rings. The minimum absolute atomic E-state index is 0.122. The number of rotatable bonds is 3.